The van der Waals surface area contributed by atoms with Gasteiger partial charge in [0.2, 0.25) is 0 Å². The predicted molar refractivity (Wildman–Crippen MR) is 223 cm³/mol. The van der Waals surface area contributed by atoms with Crippen LogP contribution >= 0.6 is 0 Å². The Hall–Kier alpha value is -4.21. The average molecular weight is 913 g/mol. The summed E-state index contributed by atoms with van der Waals surface area (Å²) in [4.78, 5) is 12.3. The van der Waals surface area contributed by atoms with E-state index in [-0.39, 0.29) is 37.4 Å². The first kappa shape index (κ1) is 40.5. The van der Waals surface area contributed by atoms with Gasteiger partial charge in [-0.1, -0.05) is 142 Å². The van der Waals surface area contributed by atoms with Crippen molar-refractivity contribution >= 4 is 23.1 Å². The number of anilines is 3. The van der Waals surface area contributed by atoms with Crippen LogP contribution in [0, 0.1) is 18.1 Å². The molecule has 0 bridgehead atoms. The van der Waals surface area contributed by atoms with Crippen LogP contribution in [0.15, 0.2) is 90.1 Å². The molecule has 0 aliphatic carbocycles. The van der Waals surface area contributed by atoms with Crippen LogP contribution in [0.1, 0.15) is 128 Å². The van der Waals surface area contributed by atoms with Crippen LogP contribution in [0.25, 0.3) is 11.1 Å². The van der Waals surface area contributed by atoms with Crippen LogP contribution in [0.4, 0.5) is 17.2 Å². The predicted octanol–water partition coefficient (Wildman–Crippen LogP) is 13.0. The molecule has 2 aliphatic rings. The van der Waals surface area contributed by atoms with E-state index >= 15 is 0 Å². The first-order chi connectivity index (χ1) is 25.5. The van der Waals surface area contributed by atoms with E-state index < -0.39 is 0 Å². The summed E-state index contributed by atoms with van der Waals surface area (Å²) in [6.45, 7) is 27.4. The van der Waals surface area contributed by atoms with Gasteiger partial charge in [-0.05, 0) is 81.5 Å². The fourth-order valence-electron chi connectivity index (χ4n) is 7.72. The molecule has 1 atom stereocenters. The standard InChI is InChI=1S/C49H55N3O2.Pt/c1-30(2)38-16-15-17-39(31(3)4)45(38)33-24-34(46-51-49(12,29-53-46)32(5)6)26-37(25-33)54-36-20-21-41-43(28-36)52(42-19-14-13-18-40(42)48(41,10)11)44-27-35(22-23-50-44)47(7,8)9;/h13-25,27,30-32H,29H2,1-12H3;/q-2;+2/t49-;/m0./s1. The van der Waals surface area contributed by atoms with E-state index in [2.05, 4.69) is 173 Å². The fourth-order valence-corrected chi connectivity index (χ4v) is 7.72. The Kier molecular flexibility index (Phi) is 11.1. The minimum atomic E-state index is -0.309. The van der Waals surface area contributed by atoms with E-state index in [1.54, 1.807) is 0 Å². The number of fused-ring (bicyclic) bond motifs is 2. The summed E-state index contributed by atoms with van der Waals surface area (Å²) < 4.78 is 13.2. The first-order valence-corrected chi connectivity index (χ1v) is 19.5. The molecule has 0 fully saturated rings. The smallest absolute Gasteiger partial charge is 0.518 e. The average Bonchev–Trinajstić information content (AvgIpc) is 3.54. The van der Waals surface area contributed by atoms with Crippen LogP contribution < -0.4 is 9.64 Å². The molecule has 4 aromatic carbocycles. The third-order valence-corrected chi connectivity index (χ3v) is 11.5. The Balaban J connectivity index is 0.00000514. The second-order valence-corrected chi connectivity index (χ2v) is 17.8. The Labute approximate surface area is 343 Å². The summed E-state index contributed by atoms with van der Waals surface area (Å²) in [7, 11) is 0. The van der Waals surface area contributed by atoms with Crippen LogP contribution in [0.3, 0.4) is 0 Å². The van der Waals surface area contributed by atoms with Crippen molar-refractivity contribution in [2.45, 2.75) is 111 Å². The van der Waals surface area contributed by atoms with Crippen molar-refractivity contribution in [3.63, 3.8) is 0 Å². The van der Waals surface area contributed by atoms with Crippen LogP contribution in [-0.2, 0) is 36.6 Å². The number of aliphatic imine (C=N–C) groups is 1. The molecule has 7 rings (SSSR count). The van der Waals surface area contributed by atoms with E-state index in [4.69, 9.17) is 19.5 Å². The van der Waals surface area contributed by atoms with Crippen molar-refractivity contribution in [3.05, 3.63) is 131 Å². The number of para-hydroxylation sites is 1. The molecule has 5 aromatic rings. The fraction of sp³-hybridized carbons (Fsp3) is 0.388. The maximum atomic E-state index is 6.86. The van der Waals surface area contributed by atoms with Gasteiger partial charge in [0.25, 0.3) is 0 Å². The van der Waals surface area contributed by atoms with Crippen molar-refractivity contribution in [2.24, 2.45) is 10.9 Å². The molecule has 0 N–H and O–H groups in total. The number of rotatable bonds is 8. The van der Waals surface area contributed by atoms with Gasteiger partial charge in [-0.15, -0.1) is 23.8 Å². The largest absolute Gasteiger partial charge is 2.00 e. The van der Waals surface area contributed by atoms with Crippen LogP contribution in [0.2, 0.25) is 0 Å². The van der Waals surface area contributed by atoms with Gasteiger partial charge in [0.15, 0.2) is 0 Å². The summed E-state index contributed by atoms with van der Waals surface area (Å²) in [6, 6.07) is 35.4. The summed E-state index contributed by atoms with van der Waals surface area (Å²) in [6.07, 6.45) is 1.92. The van der Waals surface area contributed by atoms with Gasteiger partial charge in [-0.2, -0.15) is 6.07 Å². The van der Waals surface area contributed by atoms with Gasteiger partial charge in [0, 0.05) is 23.4 Å². The zero-order chi connectivity index (χ0) is 38.7. The van der Waals surface area contributed by atoms with E-state index in [1.165, 1.54) is 27.8 Å². The summed E-state index contributed by atoms with van der Waals surface area (Å²) in [5.41, 5.74) is 10.7. The third kappa shape index (κ3) is 7.54. The number of hydrogen-bond acceptors (Lipinski definition) is 5. The quantitative estimate of drug-likeness (QED) is 0.146. The Morgan fingerprint density at radius 1 is 0.782 bits per heavy atom. The number of nitrogens with zero attached hydrogens (tertiary/aromatic N) is 3. The van der Waals surface area contributed by atoms with Gasteiger partial charge in [-0.3, -0.25) is 4.99 Å². The summed E-state index contributed by atoms with van der Waals surface area (Å²) >= 11 is 0. The van der Waals surface area contributed by atoms with Crippen LogP contribution in [-0.4, -0.2) is 23.0 Å². The Bertz CT molecular complexity index is 2220. The van der Waals surface area contributed by atoms with Crippen molar-refractivity contribution in [3.8, 4) is 22.6 Å². The summed E-state index contributed by atoms with van der Waals surface area (Å²) in [5, 5.41) is 0. The monoisotopic (exact) mass is 912 g/mol. The molecule has 0 spiro atoms. The zero-order valence-electron chi connectivity index (χ0n) is 34.5. The molecule has 288 valence electrons. The van der Waals surface area contributed by atoms with E-state index in [0.29, 0.717) is 41.8 Å². The third-order valence-electron chi connectivity index (χ3n) is 11.5. The minimum Gasteiger partial charge on any atom is -0.518 e. The SMILES string of the molecule is CC(C)c1cccc(C(C)C)c1-c1cc(Oc2[c-]c3c(cc2)C(C)(C)c2ccccc2N3c2cc(C(C)(C)C)ccn2)[c-]c(C2=N[C@](C)(C(C)C)CO2)c1.[Pt+2]. The molecule has 6 heteroatoms. The number of aromatic nitrogens is 1. The van der Waals surface area contributed by atoms with Crippen molar-refractivity contribution < 1.29 is 30.5 Å². The molecule has 55 heavy (non-hydrogen) atoms. The van der Waals surface area contributed by atoms with Gasteiger partial charge in [0.1, 0.15) is 18.3 Å². The van der Waals surface area contributed by atoms with Gasteiger partial charge in [0.05, 0.1) is 5.54 Å². The topological polar surface area (TPSA) is 47.0 Å². The second kappa shape index (κ2) is 15.0. The maximum Gasteiger partial charge on any atom is 2.00 e. The first-order valence-electron chi connectivity index (χ1n) is 19.5. The molecule has 5 nitrogen and oxygen atoms in total. The Morgan fingerprint density at radius 3 is 2.11 bits per heavy atom. The molecule has 0 radical (unpaired) electrons. The second-order valence-electron chi connectivity index (χ2n) is 17.8. The number of ether oxygens (including phenoxy) is 2. The molecule has 2 aliphatic heterocycles. The zero-order valence-corrected chi connectivity index (χ0v) is 36.8. The van der Waals surface area contributed by atoms with Gasteiger partial charge < -0.3 is 14.4 Å². The Morgan fingerprint density at radius 2 is 1.47 bits per heavy atom. The van der Waals surface area contributed by atoms with E-state index in [1.807, 2.05) is 12.3 Å². The van der Waals surface area contributed by atoms with Gasteiger partial charge in [-0.25, -0.2) is 4.98 Å². The number of pyridine rings is 1. The molecule has 0 saturated carbocycles. The molecule has 1 aromatic heterocycles. The van der Waals surface area contributed by atoms with Crippen LogP contribution in [0.5, 0.6) is 11.5 Å². The summed E-state index contributed by atoms with van der Waals surface area (Å²) in [5.74, 6) is 3.63. The van der Waals surface area contributed by atoms with Crippen molar-refractivity contribution in [1.82, 2.24) is 4.98 Å². The molecule has 0 saturated heterocycles. The van der Waals surface area contributed by atoms with E-state index in [9.17, 15) is 0 Å². The van der Waals surface area contributed by atoms with Gasteiger partial charge >= 0.3 is 21.1 Å². The normalized spacial score (nSPS) is 17.4. The molecular weight excluding hydrogens is 858 g/mol. The molecule has 3 heterocycles. The number of benzene rings is 4. The minimum absolute atomic E-state index is 0. The van der Waals surface area contributed by atoms with E-state index in [0.717, 1.165) is 33.9 Å². The van der Waals surface area contributed by atoms with Crippen molar-refractivity contribution in [2.75, 3.05) is 11.5 Å². The molecule has 0 unspecified atom stereocenters. The maximum absolute atomic E-state index is 6.86. The molecule has 0 amide bonds. The number of hydrogen-bond donors (Lipinski definition) is 0. The van der Waals surface area contributed by atoms with Crippen molar-refractivity contribution in [1.29, 1.82) is 0 Å². The molecular formula is C49H55N3O2Pt.